The second-order valence-electron chi connectivity index (χ2n) is 5.43. The number of aromatic amines is 1. The molecule has 2 aromatic heterocycles. The molecule has 0 fully saturated rings. The van der Waals surface area contributed by atoms with Crippen molar-refractivity contribution in [1.29, 1.82) is 0 Å². The van der Waals surface area contributed by atoms with Gasteiger partial charge in [0.15, 0.2) is 5.65 Å². The summed E-state index contributed by atoms with van der Waals surface area (Å²) in [4.78, 5) is 32.6. The Kier molecular flexibility index (Phi) is 4.83. The van der Waals surface area contributed by atoms with Crippen LogP contribution in [0.3, 0.4) is 0 Å². The van der Waals surface area contributed by atoms with Crippen LogP contribution in [-0.2, 0) is 24.2 Å². The number of H-pyrrole nitrogens is 1. The topological polar surface area (TPSA) is 113 Å². The molecule has 3 rings (SSSR count). The van der Waals surface area contributed by atoms with E-state index in [-0.39, 0.29) is 29.1 Å². The zero-order valence-corrected chi connectivity index (χ0v) is 14.5. The first-order valence-corrected chi connectivity index (χ1v) is 8.70. The molecular formula is C17H15N4O4S-. The van der Waals surface area contributed by atoms with Crippen molar-refractivity contribution in [3.8, 4) is 11.4 Å². The summed E-state index contributed by atoms with van der Waals surface area (Å²) in [6.07, 6.45) is 3.00. The molecule has 0 aliphatic heterocycles. The highest BCUT2D eigenvalue weighted by Gasteiger charge is 2.16. The average Bonchev–Trinajstić information content (AvgIpc) is 3.08. The molecule has 2 heterocycles. The lowest BCUT2D eigenvalue weighted by molar-refractivity contribution is 0.537. The van der Waals surface area contributed by atoms with E-state index in [9.17, 15) is 18.4 Å². The third kappa shape index (κ3) is 2.98. The molecule has 1 unspecified atom stereocenters. The molecule has 8 nitrogen and oxygen atoms in total. The number of rotatable bonds is 6. The second kappa shape index (κ2) is 7.06. The summed E-state index contributed by atoms with van der Waals surface area (Å²) in [5, 5.41) is 0. The number of nitrogens with one attached hydrogen (secondary N) is 1. The molecule has 1 N–H and O–H groups in total. The molecule has 0 spiro atoms. The molecule has 0 bridgehead atoms. The first kappa shape index (κ1) is 17.8. The molecule has 0 amide bonds. The number of fused-ring (bicyclic) bond motifs is 1. The van der Waals surface area contributed by atoms with Gasteiger partial charge in [0.2, 0.25) is 0 Å². The quantitative estimate of drug-likeness (QED) is 0.516. The minimum absolute atomic E-state index is 0.0725. The maximum absolute atomic E-state index is 12.6. The number of imidazole rings is 1. The Bertz CT molecular complexity index is 1140. The van der Waals surface area contributed by atoms with Crippen LogP contribution in [-0.4, -0.2) is 27.9 Å². The number of hydrogen-bond acceptors (Lipinski definition) is 5. The van der Waals surface area contributed by atoms with Crippen molar-refractivity contribution in [2.45, 2.75) is 18.0 Å². The lowest BCUT2D eigenvalue weighted by Gasteiger charge is -2.07. The van der Waals surface area contributed by atoms with Gasteiger partial charge in [-0.05, 0) is 23.2 Å². The van der Waals surface area contributed by atoms with Crippen LogP contribution in [0.25, 0.3) is 22.6 Å². The number of hydrogen-bond donors (Lipinski definition) is 1. The fourth-order valence-electron chi connectivity index (χ4n) is 2.61. The Morgan fingerprint density at radius 3 is 2.31 bits per heavy atom. The molecule has 26 heavy (non-hydrogen) atoms. The Balaban J connectivity index is 2.26. The molecule has 9 heteroatoms. The molecule has 0 aliphatic rings. The van der Waals surface area contributed by atoms with Gasteiger partial charge in [-0.25, -0.2) is 9.78 Å². The largest absolute Gasteiger partial charge is 0.768 e. The summed E-state index contributed by atoms with van der Waals surface area (Å²) in [7, 11) is 0. The Hall–Kier alpha value is -3.04. The van der Waals surface area contributed by atoms with Gasteiger partial charge in [-0.15, -0.1) is 13.2 Å². The van der Waals surface area contributed by atoms with Gasteiger partial charge in [0.1, 0.15) is 11.3 Å². The van der Waals surface area contributed by atoms with Crippen molar-refractivity contribution in [1.82, 2.24) is 19.1 Å². The average molecular weight is 371 g/mol. The fraction of sp³-hybridized carbons (Fsp3) is 0.118. The maximum Gasteiger partial charge on any atom is 0.333 e. The van der Waals surface area contributed by atoms with Gasteiger partial charge in [-0.2, -0.15) is 0 Å². The third-order valence-corrected chi connectivity index (χ3v) is 4.46. The number of benzene rings is 1. The van der Waals surface area contributed by atoms with Gasteiger partial charge >= 0.3 is 5.69 Å². The first-order valence-electron chi connectivity index (χ1n) is 7.62. The summed E-state index contributed by atoms with van der Waals surface area (Å²) in [5.74, 6) is 0.355. The van der Waals surface area contributed by atoms with Crippen molar-refractivity contribution >= 4 is 22.2 Å². The first-order chi connectivity index (χ1) is 12.5. The summed E-state index contributed by atoms with van der Waals surface area (Å²) in [6.45, 7) is 7.45. The molecule has 1 aromatic carbocycles. The maximum atomic E-state index is 12.6. The molecule has 0 radical (unpaired) electrons. The van der Waals surface area contributed by atoms with E-state index < -0.39 is 22.3 Å². The van der Waals surface area contributed by atoms with Crippen molar-refractivity contribution in [2.75, 3.05) is 0 Å². The van der Waals surface area contributed by atoms with E-state index >= 15 is 0 Å². The van der Waals surface area contributed by atoms with Crippen LogP contribution < -0.4 is 11.2 Å². The van der Waals surface area contributed by atoms with Crippen molar-refractivity contribution in [2.24, 2.45) is 0 Å². The van der Waals surface area contributed by atoms with Crippen LogP contribution in [0.4, 0.5) is 0 Å². The van der Waals surface area contributed by atoms with E-state index in [4.69, 9.17) is 0 Å². The summed E-state index contributed by atoms with van der Waals surface area (Å²) < 4.78 is 24.3. The monoisotopic (exact) mass is 371 g/mol. The van der Waals surface area contributed by atoms with Crippen LogP contribution in [0.1, 0.15) is 0 Å². The van der Waals surface area contributed by atoms with Gasteiger partial charge in [0.25, 0.3) is 5.56 Å². The zero-order chi connectivity index (χ0) is 18.8. The molecular weight excluding hydrogens is 356 g/mol. The van der Waals surface area contributed by atoms with Crippen LogP contribution in [0.2, 0.25) is 0 Å². The molecule has 134 valence electrons. The van der Waals surface area contributed by atoms with Crippen LogP contribution in [0, 0.1) is 0 Å². The third-order valence-electron chi connectivity index (χ3n) is 3.80. The highest BCUT2D eigenvalue weighted by molar-refractivity contribution is 7.79. The molecule has 1 atom stereocenters. The zero-order valence-electron chi connectivity index (χ0n) is 13.7. The SMILES string of the molecule is C=CCn1c(=O)c2[nH]c(-c3ccc(S(=O)[O-])cc3)nc2n(CC=C)c1=O. The molecule has 0 saturated carbocycles. The van der Waals surface area contributed by atoms with Crippen LogP contribution >= 0.6 is 0 Å². The van der Waals surface area contributed by atoms with Gasteiger partial charge in [-0.3, -0.25) is 18.1 Å². The van der Waals surface area contributed by atoms with E-state index in [0.717, 1.165) is 4.57 Å². The van der Waals surface area contributed by atoms with E-state index in [0.29, 0.717) is 11.4 Å². The normalized spacial score (nSPS) is 12.2. The fourth-order valence-corrected chi connectivity index (χ4v) is 2.97. The molecule has 3 aromatic rings. The predicted octanol–water partition coefficient (Wildman–Crippen LogP) is 1.16. The van der Waals surface area contributed by atoms with E-state index in [1.165, 1.54) is 28.9 Å². The number of aromatic nitrogens is 4. The molecule has 0 saturated heterocycles. The minimum Gasteiger partial charge on any atom is -0.768 e. The molecule has 0 aliphatic carbocycles. The lowest BCUT2D eigenvalue weighted by atomic mass is 10.2. The minimum atomic E-state index is -2.33. The summed E-state index contributed by atoms with van der Waals surface area (Å²) in [6, 6.07) is 6.00. The number of nitrogens with zero attached hydrogens (tertiary/aromatic N) is 3. The van der Waals surface area contributed by atoms with Gasteiger partial charge < -0.3 is 9.54 Å². The van der Waals surface area contributed by atoms with Crippen LogP contribution in [0.15, 0.2) is 64.1 Å². The van der Waals surface area contributed by atoms with E-state index in [1.54, 1.807) is 12.1 Å². The van der Waals surface area contributed by atoms with Crippen molar-refractivity contribution < 1.29 is 8.76 Å². The van der Waals surface area contributed by atoms with Gasteiger partial charge in [0.05, 0.1) is 0 Å². The standard InChI is InChI=1S/C17H16N4O4S/c1-3-9-20-15-13(16(22)21(10-4-2)17(20)23)18-14(19-15)11-5-7-12(8-6-11)26(24)25/h3-8H,1-2,9-10H2,(H,18,19)(H,24,25)/p-1. The van der Waals surface area contributed by atoms with E-state index in [2.05, 4.69) is 23.1 Å². The van der Waals surface area contributed by atoms with Gasteiger partial charge in [-0.1, -0.05) is 24.3 Å². The Morgan fingerprint density at radius 2 is 1.73 bits per heavy atom. The van der Waals surface area contributed by atoms with Gasteiger partial charge in [0, 0.05) is 23.5 Å². The highest BCUT2D eigenvalue weighted by Crippen LogP contribution is 2.19. The highest BCUT2D eigenvalue weighted by atomic mass is 32.2. The smallest absolute Gasteiger partial charge is 0.333 e. The van der Waals surface area contributed by atoms with Crippen molar-refractivity contribution in [3.05, 3.63) is 70.4 Å². The summed E-state index contributed by atoms with van der Waals surface area (Å²) >= 11 is -2.33. The summed E-state index contributed by atoms with van der Waals surface area (Å²) in [5.41, 5.74) is -0.0205. The Morgan fingerprint density at radius 1 is 1.12 bits per heavy atom. The van der Waals surface area contributed by atoms with Crippen molar-refractivity contribution in [3.63, 3.8) is 0 Å². The lowest BCUT2D eigenvalue weighted by Crippen LogP contribution is -2.39. The Labute approximate surface area is 150 Å². The van der Waals surface area contributed by atoms with Crippen LogP contribution in [0.5, 0.6) is 0 Å². The van der Waals surface area contributed by atoms with E-state index in [1.807, 2.05) is 0 Å². The number of allylic oxidation sites excluding steroid dienone is 2. The second-order valence-corrected chi connectivity index (χ2v) is 6.37. The predicted molar refractivity (Wildman–Crippen MR) is 97.6 cm³/mol.